The molecule has 2 N–H and O–H groups in total. The van der Waals surface area contributed by atoms with Crippen molar-refractivity contribution in [3.05, 3.63) is 23.8 Å². The second-order valence-electron chi connectivity index (χ2n) is 5.76. The van der Waals surface area contributed by atoms with Crippen molar-refractivity contribution in [2.45, 2.75) is 25.7 Å². The fourth-order valence-electron chi connectivity index (χ4n) is 3.09. The van der Waals surface area contributed by atoms with Crippen molar-refractivity contribution >= 4 is 17.3 Å². The van der Waals surface area contributed by atoms with E-state index in [1.54, 1.807) is 0 Å². The average molecular weight is 260 g/mol. The van der Waals surface area contributed by atoms with Crippen molar-refractivity contribution in [1.82, 2.24) is 0 Å². The summed E-state index contributed by atoms with van der Waals surface area (Å²) in [5, 5.41) is 12.7. The largest absolute Gasteiger partial charge is 0.396 e. The quantitative estimate of drug-likeness (QED) is 0.867. The fraction of sp³-hybridized carbons (Fsp3) is 0.533. The van der Waals surface area contributed by atoms with Crippen molar-refractivity contribution in [3.63, 3.8) is 0 Å². The summed E-state index contributed by atoms with van der Waals surface area (Å²) < 4.78 is 0. The van der Waals surface area contributed by atoms with Crippen LogP contribution >= 0.6 is 0 Å². The molecule has 1 heterocycles. The number of amides is 1. The number of fused-ring (bicyclic) bond motifs is 1. The van der Waals surface area contributed by atoms with Crippen molar-refractivity contribution in [3.8, 4) is 0 Å². The van der Waals surface area contributed by atoms with Crippen molar-refractivity contribution in [2.75, 3.05) is 30.4 Å². The van der Waals surface area contributed by atoms with Gasteiger partial charge in [0.05, 0.1) is 13.0 Å². The molecule has 102 valence electrons. The highest BCUT2D eigenvalue weighted by Gasteiger charge is 2.41. The van der Waals surface area contributed by atoms with E-state index in [9.17, 15) is 9.90 Å². The van der Waals surface area contributed by atoms with Gasteiger partial charge in [-0.25, -0.2) is 0 Å². The number of hydrogen-bond acceptors (Lipinski definition) is 3. The molecule has 4 heteroatoms. The highest BCUT2D eigenvalue weighted by atomic mass is 16.3. The number of nitrogens with one attached hydrogen (secondary N) is 1. The Bertz CT molecular complexity index is 503. The number of carbonyl (C=O) groups excluding carboxylic acids is 1. The molecule has 2 aliphatic rings. The Morgan fingerprint density at radius 1 is 1.42 bits per heavy atom. The Kier molecular flexibility index (Phi) is 2.97. The molecule has 3 rings (SSSR count). The normalized spacial score (nSPS) is 20.1. The van der Waals surface area contributed by atoms with Gasteiger partial charge in [0.25, 0.3) is 0 Å². The van der Waals surface area contributed by atoms with Crippen LogP contribution in [0.2, 0.25) is 0 Å². The lowest BCUT2D eigenvalue weighted by Crippen LogP contribution is -2.46. The Morgan fingerprint density at radius 3 is 2.79 bits per heavy atom. The molecule has 1 fully saturated rings. The molecule has 1 aromatic rings. The van der Waals surface area contributed by atoms with E-state index in [4.69, 9.17) is 0 Å². The first-order chi connectivity index (χ1) is 9.17. The SMILES string of the molecule is CNc1ccc2c(c1)CC(=O)N2CC1(CO)CCC1. The topological polar surface area (TPSA) is 52.6 Å². The number of aliphatic hydroxyl groups excluding tert-OH is 1. The molecule has 1 amide bonds. The van der Waals surface area contributed by atoms with E-state index in [1.165, 1.54) is 0 Å². The molecule has 1 aliphatic heterocycles. The Hall–Kier alpha value is -1.55. The van der Waals surface area contributed by atoms with Crippen LogP contribution in [0.15, 0.2) is 18.2 Å². The maximum absolute atomic E-state index is 12.2. The number of hydrogen-bond donors (Lipinski definition) is 2. The standard InChI is InChI=1S/C15H20N2O2/c1-16-12-3-4-13-11(7-12)8-14(19)17(13)9-15(10-18)5-2-6-15/h3-4,7,16,18H,2,5-6,8-10H2,1H3. The molecule has 0 bridgehead atoms. The summed E-state index contributed by atoms with van der Waals surface area (Å²) in [7, 11) is 1.88. The van der Waals surface area contributed by atoms with E-state index in [2.05, 4.69) is 5.32 Å². The fourth-order valence-corrected chi connectivity index (χ4v) is 3.09. The molecular weight excluding hydrogens is 240 g/mol. The third-order valence-corrected chi connectivity index (χ3v) is 4.54. The van der Waals surface area contributed by atoms with Gasteiger partial charge in [-0.05, 0) is 36.6 Å². The second kappa shape index (κ2) is 4.53. The predicted octanol–water partition coefficient (Wildman–Crippen LogP) is 1.78. The van der Waals surface area contributed by atoms with Crippen LogP contribution in [0.25, 0.3) is 0 Å². The summed E-state index contributed by atoms with van der Waals surface area (Å²) in [6, 6.07) is 6.05. The Labute approximate surface area is 113 Å². The molecule has 1 aromatic carbocycles. The number of nitrogens with zero attached hydrogens (tertiary/aromatic N) is 1. The van der Waals surface area contributed by atoms with E-state index in [0.717, 1.165) is 36.2 Å². The van der Waals surface area contributed by atoms with Gasteiger partial charge in [0.15, 0.2) is 0 Å². The van der Waals surface area contributed by atoms with Gasteiger partial charge in [-0.1, -0.05) is 6.42 Å². The highest BCUT2D eigenvalue weighted by molar-refractivity contribution is 6.01. The van der Waals surface area contributed by atoms with Gasteiger partial charge in [0.2, 0.25) is 5.91 Å². The van der Waals surface area contributed by atoms with Gasteiger partial charge < -0.3 is 15.3 Å². The van der Waals surface area contributed by atoms with Crippen LogP contribution in [-0.2, 0) is 11.2 Å². The Morgan fingerprint density at radius 2 is 2.21 bits per heavy atom. The first-order valence-electron chi connectivity index (χ1n) is 6.89. The van der Waals surface area contributed by atoms with Gasteiger partial charge in [0.1, 0.15) is 0 Å². The lowest BCUT2D eigenvalue weighted by atomic mass is 9.69. The number of benzene rings is 1. The number of carbonyl (C=O) groups is 1. The van der Waals surface area contributed by atoms with Crippen LogP contribution in [-0.4, -0.2) is 31.2 Å². The summed E-state index contributed by atoms with van der Waals surface area (Å²) in [4.78, 5) is 14.1. The van der Waals surface area contributed by atoms with E-state index >= 15 is 0 Å². The maximum atomic E-state index is 12.2. The van der Waals surface area contributed by atoms with Crippen LogP contribution < -0.4 is 10.2 Å². The molecule has 0 radical (unpaired) electrons. The van der Waals surface area contributed by atoms with Gasteiger partial charge in [-0.15, -0.1) is 0 Å². The summed E-state index contributed by atoms with van der Waals surface area (Å²) in [5.74, 6) is 0.156. The minimum atomic E-state index is -0.0566. The molecule has 1 saturated carbocycles. The van der Waals surface area contributed by atoms with Crippen LogP contribution in [0, 0.1) is 5.41 Å². The molecule has 0 aromatic heterocycles. The minimum absolute atomic E-state index is 0.0566. The van der Waals surface area contributed by atoms with Crippen LogP contribution in [0.3, 0.4) is 0 Å². The molecular formula is C15H20N2O2. The zero-order chi connectivity index (χ0) is 13.5. The van der Waals surface area contributed by atoms with Crippen LogP contribution in [0.1, 0.15) is 24.8 Å². The van der Waals surface area contributed by atoms with Gasteiger partial charge in [-0.2, -0.15) is 0 Å². The first-order valence-corrected chi connectivity index (χ1v) is 6.89. The third kappa shape index (κ3) is 2.00. The highest BCUT2D eigenvalue weighted by Crippen LogP contribution is 2.43. The van der Waals surface area contributed by atoms with Crippen molar-refractivity contribution < 1.29 is 9.90 Å². The van der Waals surface area contributed by atoms with Crippen LogP contribution in [0.4, 0.5) is 11.4 Å². The Balaban J connectivity index is 1.86. The van der Waals surface area contributed by atoms with Crippen molar-refractivity contribution in [1.29, 1.82) is 0 Å². The first kappa shape index (κ1) is 12.5. The number of rotatable bonds is 4. The number of aliphatic hydroxyl groups is 1. The molecule has 0 spiro atoms. The van der Waals surface area contributed by atoms with E-state index in [1.807, 2.05) is 30.1 Å². The van der Waals surface area contributed by atoms with E-state index in [0.29, 0.717) is 13.0 Å². The van der Waals surface area contributed by atoms with E-state index < -0.39 is 0 Å². The van der Waals surface area contributed by atoms with E-state index in [-0.39, 0.29) is 17.9 Å². The summed E-state index contributed by atoms with van der Waals surface area (Å²) in [6.07, 6.45) is 3.69. The van der Waals surface area contributed by atoms with Crippen LogP contribution in [0.5, 0.6) is 0 Å². The number of anilines is 2. The molecule has 0 unspecified atom stereocenters. The molecule has 0 atom stereocenters. The third-order valence-electron chi connectivity index (χ3n) is 4.54. The lowest BCUT2D eigenvalue weighted by Gasteiger charge is -2.43. The van der Waals surface area contributed by atoms with Crippen molar-refractivity contribution in [2.24, 2.45) is 5.41 Å². The van der Waals surface area contributed by atoms with Gasteiger partial charge >= 0.3 is 0 Å². The summed E-state index contributed by atoms with van der Waals surface area (Å²) in [6.45, 7) is 0.842. The monoisotopic (exact) mass is 260 g/mol. The maximum Gasteiger partial charge on any atom is 0.231 e. The smallest absolute Gasteiger partial charge is 0.231 e. The minimum Gasteiger partial charge on any atom is -0.396 e. The second-order valence-corrected chi connectivity index (χ2v) is 5.76. The molecule has 19 heavy (non-hydrogen) atoms. The summed E-state index contributed by atoms with van der Waals surface area (Å²) >= 11 is 0. The molecule has 1 aliphatic carbocycles. The zero-order valence-corrected chi connectivity index (χ0v) is 11.3. The molecule has 4 nitrogen and oxygen atoms in total. The lowest BCUT2D eigenvalue weighted by molar-refractivity contribution is -0.118. The molecule has 0 saturated heterocycles. The average Bonchev–Trinajstić information content (AvgIpc) is 2.68. The zero-order valence-electron chi connectivity index (χ0n) is 11.3. The summed E-state index contributed by atoms with van der Waals surface area (Å²) in [5.41, 5.74) is 3.08. The predicted molar refractivity (Wildman–Crippen MR) is 75.4 cm³/mol. The van der Waals surface area contributed by atoms with Gasteiger partial charge in [0, 0.05) is 30.4 Å². The van der Waals surface area contributed by atoms with Gasteiger partial charge in [-0.3, -0.25) is 4.79 Å².